The zero-order chi connectivity index (χ0) is 12.8. The Morgan fingerprint density at radius 2 is 1.88 bits per heavy atom. The molecule has 0 saturated carbocycles. The van der Waals surface area contributed by atoms with Gasteiger partial charge in [-0.05, 0) is 18.6 Å². The maximum absolute atomic E-state index is 11.6. The Hall–Kier alpha value is -1.56. The smallest absolute Gasteiger partial charge is 0.251 e. The van der Waals surface area contributed by atoms with E-state index in [1.54, 1.807) is 6.26 Å². The highest BCUT2D eigenvalue weighted by Crippen LogP contribution is 2.20. The van der Waals surface area contributed by atoms with Crippen LogP contribution in [0.4, 0.5) is 0 Å². The van der Waals surface area contributed by atoms with Gasteiger partial charge >= 0.3 is 0 Å². The number of rotatable bonds is 5. The number of hydrogen-bond donors (Lipinski definition) is 3. The molecule has 1 rings (SSSR count). The van der Waals surface area contributed by atoms with Crippen LogP contribution in [0.15, 0.2) is 18.2 Å². The third-order valence-corrected chi connectivity index (χ3v) is 2.92. The summed E-state index contributed by atoms with van der Waals surface area (Å²) in [5.41, 5.74) is 0.195. The van der Waals surface area contributed by atoms with Gasteiger partial charge in [-0.2, -0.15) is 0 Å². The van der Waals surface area contributed by atoms with E-state index < -0.39 is 10.8 Å². The number of carbonyl (C=O) groups is 1. The Balaban J connectivity index is 2.49. The van der Waals surface area contributed by atoms with Gasteiger partial charge in [-0.25, -0.2) is 0 Å². The normalized spacial score (nSPS) is 12.1. The zero-order valence-electron chi connectivity index (χ0n) is 9.47. The lowest BCUT2D eigenvalue weighted by Gasteiger charge is -2.05. The van der Waals surface area contributed by atoms with Gasteiger partial charge in [0.1, 0.15) is 11.5 Å². The first-order valence-electron chi connectivity index (χ1n) is 5.10. The SMILES string of the molecule is CS(=O)CCCNC(=O)c1cc(O)cc(O)c1. The van der Waals surface area contributed by atoms with Crippen molar-refractivity contribution in [3.05, 3.63) is 23.8 Å². The van der Waals surface area contributed by atoms with Crippen molar-refractivity contribution < 1.29 is 19.2 Å². The van der Waals surface area contributed by atoms with Crippen LogP contribution in [0.1, 0.15) is 16.8 Å². The van der Waals surface area contributed by atoms with Crippen LogP contribution in [-0.2, 0) is 10.8 Å². The van der Waals surface area contributed by atoms with Crippen LogP contribution in [-0.4, -0.2) is 38.9 Å². The molecule has 0 aromatic heterocycles. The minimum Gasteiger partial charge on any atom is -0.508 e. The van der Waals surface area contributed by atoms with Crippen molar-refractivity contribution in [2.75, 3.05) is 18.6 Å². The molecule has 17 heavy (non-hydrogen) atoms. The lowest BCUT2D eigenvalue weighted by atomic mass is 10.2. The highest BCUT2D eigenvalue weighted by Gasteiger charge is 2.07. The molecule has 6 heteroatoms. The van der Waals surface area contributed by atoms with Gasteiger partial charge in [0.05, 0.1) is 0 Å². The third-order valence-electron chi connectivity index (χ3n) is 2.06. The number of aromatic hydroxyl groups is 2. The summed E-state index contributed by atoms with van der Waals surface area (Å²) in [6.45, 7) is 0.412. The monoisotopic (exact) mass is 257 g/mol. The summed E-state index contributed by atoms with van der Waals surface area (Å²) in [5, 5.41) is 21.0. The molecule has 0 radical (unpaired) electrons. The van der Waals surface area contributed by atoms with Crippen molar-refractivity contribution in [3.8, 4) is 11.5 Å². The number of hydrogen-bond acceptors (Lipinski definition) is 4. The molecule has 0 bridgehead atoms. The fraction of sp³-hybridized carbons (Fsp3) is 0.364. The van der Waals surface area contributed by atoms with Gasteiger partial charge in [0.2, 0.25) is 0 Å². The standard InChI is InChI=1S/C11H15NO4S/c1-17(16)4-2-3-12-11(15)8-5-9(13)7-10(14)6-8/h5-7,13-14H,2-4H2,1H3,(H,12,15). The number of phenolic OH excluding ortho intramolecular Hbond substituents is 2. The first-order chi connectivity index (χ1) is 7.99. The Morgan fingerprint density at radius 1 is 1.29 bits per heavy atom. The van der Waals surface area contributed by atoms with E-state index in [1.165, 1.54) is 12.1 Å². The van der Waals surface area contributed by atoms with Crippen LogP contribution < -0.4 is 5.32 Å². The summed E-state index contributed by atoms with van der Waals surface area (Å²) in [5.74, 6) is -0.168. The van der Waals surface area contributed by atoms with E-state index in [9.17, 15) is 19.2 Å². The molecule has 1 unspecified atom stereocenters. The quantitative estimate of drug-likeness (QED) is 0.674. The Kier molecular flexibility index (Phi) is 4.96. The summed E-state index contributed by atoms with van der Waals surface area (Å²) in [4.78, 5) is 11.6. The van der Waals surface area contributed by atoms with Crippen LogP contribution in [0, 0.1) is 0 Å². The molecule has 5 nitrogen and oxygen atoms in total. The Morgan fingerprint density at radius 3 is 2.41 bits per heavy atom. The minimum atomic E-state index is -0.863. The predicted octanol–water partition coefficient (Wildman–Crippen LogP) is 0.596. The molecule has 0 fully saturated rings. The molecule has 0 aliphatic rings. The maximum Gasteiger partial charge on any atom is 0.251 e. The van der Waals surface area contributed by atoms with Crippen molar-refractivity contribution in [2.24, 2.45) is 0 Å². The first-order valence-corrected chi connectivity index (χ1v) is 6.83. The lowest BCUT2D eigenvalue weighted by Crippen LogP contribution is -2.25. The van der Waals surface area contributed by atoms with E-state index in [2.05, 4.69) is 5.32 Å². The Bertz CT molecular complexity index is 413. The molecule has 3 N–H and O–H groups in total. The second kappa shape index (κ2) is 6.24. The van der Waals surface area contributed by atoms with E-state index in [-0.39, 0.29) is 23.0 Å². The van der Waals surface area contributed by atoms with E-state index in [0.29, 0.717) is 18.7 Å². The largest absolute Gasteiger partial charge is 0.508 e. The van der Waals surface area contributed by atoms with Crippen LogP contribution in [0.2, 0.25) is 0 Å². The van der Waals surface area contributed by atoms with Crippen LogP contribution >= 0.6 is 0 Å². The minimum absolute atomic E-state index is 0.162. The van der Waals surface area contributed by atoms with E-state index in [4.69, 9.17) is 0 Å². The van der Waals surface area contributed by atoms with Gasteiger partial charge in [0.15, 0.2) is 0 Å². The van der Waals surface area contributed by atoms with Crippen molar-refractivity contribution in [1.82, 2.24) is 5.32 Å². The topological polar surface area (TPSA) is 86.6 Å². The summed E-state index contributed by atoms with van der Waals surface area (Å²) >= 11 is 0. The summed E-state index contributed by atoms with van der Waals surface area (Å²) in [6.07, 6.45) is 2.23. The van der Waals surface area contributed by atoms with Gasteiger partial charge in [-0.1, -0.05) is 0 Å². The summed E-state index contributed by atoms with van der Waals surface area (Å²) in [7, 11) is -0.863. The maximum atomic E-state index is 11.6. The van der Waals surface area contributed by atoms with Crippen LogP contribution in [0.5, 0.6) is 11.5 Å². The number of phenols is 2. The molecule has 0 heterocycles. The van der Waals surface area contributed by atoms with E-state index >= 15 is 0 Å². The highest BCUT2D eigenvalue weighted by molar-refractivity contribution is 7.84. The van der Waals surface area contributed by atoms with Crippen LogP contribution in [0.3, 0.4) is 0 Å². The van der Waals surface area contributed by atoms with Gasteiger partial charge < -0.3 is 15.5 Å². The zero-order valence-corrected chi connectivity index (χ0v) is 10.3. The van der Waals surface area contributed by atoms with Crippen molar-refractivity contribution >= 4 is 16.7 Å². The van der Waals surface area contributed by atoms with E-state index in [1.807, 2.05) is 0 Å². The predicted molar refractivity (Wildman–Crippen MR) is 65.7 cm³/mol. The molecule has 0 aliphatic carbocycles. The highest BCUT2D eigenvalue weighted by atomic mass is 32.2. The molecule has 1 aromatic carbocycles. The van der Waals surface area contributed by atoms with Gasteiger partial charge in [0.25, 0.3) is 5.91 Å². The number of benzene rings is 1. The first kappa shape index (κ1) is 13.5. The van der Waals surface area contributed by atoms with Crippen LogP contribution in [0.25, 0.3) is 0 Å². The molecule has 0 aliphatic heterocycles. The van der Waals surface area contributed by atoms with Gasteiger partial charge in [0, 0.05) is 41.0 Å². The van der Waals surface area contributed by atoms with Gasteiger partial charge in [-0.3, -0.25) is 9.00 Å². The second-order valence-electron chi connectivity index (χ2n) is 3.62. The average Bonchev–Trinajstić information content (AvgIpc) is 2.22. The lowest BCUT2D eigenvalue weighted by molar-refractivity contribution is 0.0953. The molecule has 94 valence electrons. The molecule has 0 saturated heterocycles. The second-order valence-corrected chi connectivity index (χ2v) is 5.18. The third kappa shape index (κ3) is 4.86. The molecule has 1 atom stereocenters. The number of amides is 1. The average molecular weight is 257 g/mol. The number of carbonyl (C=O) groups excluding carboxylic acids is 1. The fourth-order valence-electron chi connectivity index (χ4n) is 1.31. The molecular weight excluding hydrogens is 242 g/mol. The summed E-state index contributed by atoms with van der Waals surface area (Å²) in [6, 6.07) is 3.69. The fourth-order valence-corrected chi connectivity index (χ4v) is 1.86. The van der Waals surface area contributed by atoms with E-state index in [0.717, 1.165) is 6.07 Å². The summed E-state index contributed by atoms with van der Waals surface area (Å²) < 4.78 is 10.8. The van der Waals surface area contributed by atoms with Crippen molar-refractivity contribution in [1.29, 1.82) is 0 Å². The van der Waals surface area contributed by atoms with Crippen molar-refractivity contribution in [2.45, 2.75) is 6.42 Å². The number of nitrogens with one attached hydrogen (secondary N) is 1. The molecule has 1 amide bonds. The Labute approximate surface area is 102 Å². The molecule has 0 spiro atoms. The van der Waals surface area contributed by atoms with Gasteiger partial charge in [-0.15, -0.1) is 0 Å². The molecular formula is C11H15NO4S. The molecule has 1 aromatic rings. The van der Waals surface area contributed by atoms with Crippen molar-refractivity contribution in [3.63, 3.8) is 0 Å².